The van der Waals surface area contributed by atoms with Crippen LogP contribution in [0.15, 0.2) is 72.8 Å². The number of hydrogen-bond donors (Lipinski definition) is 2. The molecule has 1 aliphatic rings. The Labute approximate surface area is 202 Å². The van der Waals surface area contributed by atoms with Crippen molar-refractivity contribution in [1.82, 2.24) is 0 Å². The number of carbonyl (C=O) groups is 2. The first-order valence-electron chi connectivity index (χ1n) is 11.7. The maximum atomic E-state index is 12.7. The largest absolute Gasteiger partial charge is 0.489 e. The van der Waals surface area contributed by atoms with E-state index in [0.717, 1.165) is 34.0 Å². The molecule has 0 aromatic heterocycles. The lowest BCUT2D eigenvalue weighted by Gasteiger charge is -2.27. The summed E-state index contributed by atoms with van der Waals surface area (Å²) in [5.41, 5.74) is 3.37. The smallest absolute Gasteiger partial charge is 0.227 e. The topological polar surface area (TPSA) is 76.7 Å². The van der Waals surface area contributed by atoms with Gasteiger partial charge in [0.05, 0.1) is 0 Å². The van der Waals surface area contributed by atoms with Crippen molar-refractivity contribution in [3.63, 3.8) is 0 Å². The predicted octanol–water partition coefficient (Wildman–Crippen LogP) is 5.98. The molecule has 180 valence electrons. The van der Waals surface area contributed by atoms with Gasteiger partial charge in [-0.25, -0.2) is 0 Å². The molecule has 1 saturated carbocycles. The Hall–Kier alpha value is -3.54. The molecule has 0 heterocycles. The molecule has 34 heavy (non-hydrogen) atoms. The normalized spacial score (nSPS) is 17.4. The lowest BCUT2D eigenvalue weighted by molar-refractivity contribution is -0.125. The van der Waals surface area contributed by atoms with E-state index in [9.17, 15) is 9.59 Å². The van der Waals surface area contributed by atoms with Crippen molar-refractivity contribution in [2.45, 2.75) is 39.5 Å². The minimum Gasteiger partial charge on any atom is -0.489 e. The maximum absolute atomic E-state index is 12.7. The molecular weight excluding hydrogens is 428 g/mol. The van der Waals surface area contributed by atoms with Gasteiger partial charge < -0.3 is 20.1 Å². The van der Waals surface area contributed by atoms with Crippen LogP contribution in [0.4, 0.5) is 11.4 Å². The van der Waals surface area contributed by atoms with Crippen molar-refractivity contribution in [2.75, 3.05) is 23.8 Å². The molecule has 0 unspecified atom stereocenters. The van der Waals surface area contributed by atoms with Crippen LogP contribution in [-0.4, -0.2) is 25.0 Å². The summed E-state index contributed by atoms with van der Waals surface area (Å²) in [5.74, 6) is 1.30. The van der Waals surface area contributed by atoms with Gasteiger partial charge in [-0.2, -0.15) is 0 Å². The van der Waals surface area contributed by atoms with E-state index in [-0.39, 0.29) is 23.7 Å². The number of ether oxygens (including phenoxy) is 2. The fraction of sp³-hybridized carbons (Fsp3) is 0.357. The Morgan fingerprint density at radius 1 is 0.706 bits per heavy atom. The number of hydrogen-bond acceptors (Lipinski definition) is 4. The first-order chi connectivity index (χ1) is 16.3. The number of benzene rings is 2. The average molecular weight is 463 g/mol. The monoisotopic (exact) mass is 462 g/mol. The summed E-state index contributed by atoms with van der Waals surface area (Å²) in [6, 6.07) is 14.7. The molecule has 2 aromatic carbocycles. The van der Waals surface area contributed by atoms with Gasteiger partial charge in [0.2, 0.25) is 11.8 Å². The van der Waals surface area contributed by atoms with Crippen molar-refractivity contribution < 1.29 is 19.1 Å². The van der Waals surface area contributed by atoms with Gasteiger partial charge in [0.15, 0.2) is 0 Å². The molecule has 0 atom stereocenters. The minimum atomic E-state index is -0.0897. The number of rotatable bonds is 10. The molecule has 0 spiro atoms. The van der Waals surface area contributed by atoms with Gasteiger partial charge in [-0.15, -0.1) is 0 Å². The van der Waals surface area contributed by atoms with Gasteiger partial charge in [0.25, 0.3) is 0 Å². The quantitative estimate of drug-likeness (QED) is 0.426. The van der Waals surface area contributed by atoms with Crippen LogP contribution in [0.3, 0.4) is 0 Å². The zero-order chi connectivity index (χ0) is 24.5. The molecule has 1 fully saturated rings. The third-order valence-corrected chi connectivity index (χ3v) is 5.68. The molecule has 2 amide bonds. The summed E-state index contributed by atoms with van der Waals surface area (Å²) in [4.78, 5) is 25.4. The van der Waals surface area contributed by atoms with E-state index in [1.165, 1.54) is 0 Å². The second-order valence-electron chi connectivity index (χ2n) is 9.07. The highest BCUT2D eigenvalue weighted by atomic mass is 16.5. The van der Waals surface area contributed by atoms with Gasteiger partial charge in [-0.3, -0.25) is 9.59 Å². The van der Waals surface area contributed by atoms with E-state index in [2.05, 4.69) is 23.8 Å². The van der Waals surface area contributed by atoms with Crippen LogP contribution < -0.4 is 20.1 Å². The number of anilines is 2. The summed E-state index contributed by atoms with van der Waals surface area (Å²) in [6.45, 7) is 12.4. The second kappa shape index (κ2) is 12.1. The first-order valence-corrected chi connectivity index (χ1v) is 11.7. The highest BCUT2D eigenvalue weighted by Crippen LogP contribution is 2.31. The summed E-state index contributed by atoms with van der Waals surface area (Å²) < 4.78 is 11.2. The van der Waals surface area contributed by atoms with E-state index in [1.807, 2.05) is 62.4 Å². The van der Waals surface area contributed by atoms with Crippen LogP contribution in [0, 0.1) is 11.8 Å². The molecule has 6 heteroatoms. The molecule has 0 saturated heterocycles. The molecule has 0 bridgehead atoms. The number of carbonyl (C=O) groups excluding carboxylic acids is 2. The summed E-state index contributed by atoms with van der Waals surface area (Å²) in [6.07, 6.45) is 2.77. The Balaban J connectivity index is 1.42. The highest BCUT2D eigenvalue weighted by Gasteiger charge is 2.30. The summed E-state index contributed by atoms with van der Waals surface area (Å²) >= 11 is 0. The second-order valence-corrected chi connectivity index (χ2v) is 9.07. The van der Waals surface area contributed by atoms with Crippen LogP contribution >= 0.6 is 0 Å². The number of nitrogens with one attached hydrogen (secondary N) is 2. The van der Waals surface area contributed by atoms with Crippen molar-refractivity contribution in [2.24, 2.45) is 11.8 Å². The van der Waals surface area contributed by atoms with Gasteiger partial charge in [-0.1, -0.05) is 13.2 Å². The zero-order valence-electron chi connectivity index (χ0n) is 20.1. The van der Waals surface area contributed by atoms with Crippen LogP contribution in [-0.2, 0) is 9.59 Å². The molecular formula is C28H34N2O4. The third kappa shape index (κ3) is 7.80. The minimum absolute atomic E-state index is 0.000174. The Kier molecular flexibility index (Phi) is 8.91. The molecule has 6 nitrogen and oxygen atoms in total. The maximum Gasteiger partial charge on any atom is 0.227 e. The van der Waals surface area contributed by atoms with Gasteiger partial charge in [0, 0.05) is 23.2 Å². The van der Waals surface area contributed by atoms with Gasteiger partial charge >= 0.3 is 0 Å². The van der Waals surface area contributed by atoms with Crippen LogP contribution in [0.1, 0.15) is 39.5 Å². The van der Waals surface area contributed by atoms with Crippen LogP contribution in [0.5, 0.6) is 11.5 Å². The lowest BCUT2D eigenvalue weighted by atomic mass is 9.81. The fourth-order valence-corrected chi connectivity index (χ4v) is 3.79. The van der Waals surface area contributed by atoms with E-state index < -0.39 is 0 Å². The molecule has 0 radical (unpaired) electrons. The molecule has 2 aromatic rings. The van der Waals surface area contributed by atoms with E-state index in [1.54, 1.807) is 0 Å². The predicted molar refractivity (Wildman–Crippen MR) is 136 cm³/mol. The SMILES string of the molecule is C=C(C)COc1ccc(NC(=O)C2CCC(C(=O)Nc3ccc(OCC(=C)C)cc3)CC2)cc1. The molecule has 2 N–H and O–H groups in total. The van der Waals surface area contributed by atoms with Crippen LogP contribution in [0.25, 0.3) is 0 Å². The Morgan fingerprint density at radius 3 is 1.32 bits per heavy atom. The third-order valence-electron chi connectivity index (χ3n) is 5.68. The summed E-state index contributed by atoms with van der Waals surface area (Å²) in [5, 5.41) is 5.96. The van der Waals surface area contributed by atoms with E-state index in [0.29, 0.717) is 38.9 Å². The van der Waals surface area contributed by atoms with Crippen LogP contribution in [0.2, 0.25) is 0 Å². The molecule has 1 aliphatic carbocycles. The van der Waals surface area contributed by atoms with E-state index in [4.69, 9.17) is 9.47 Å². The van der Waals surface area contributed by atoms with Gasteiger partial charge in [0.1, 0.15) is 24.7 Å². The Morgan fingerprint density at radius 2 is 1.03 bits per heavy atom. The lowest BCUT2D eigenvalue weighted by Crippen LogP contribution is -2.32. The average Bonchev–Trinajstić information content (AvgIpc) is 2.83. The van der Waals surface area contributed by atoms with Crippen molar-refractivity contribution in [3.8, 4) is 11.5 Å². The fourth-order valence-electron chi connectivity index (χ4n) is 3.79. The Bertz CT molecular complexity index is 920. The molecule has 0 aliphatic heterocycles. The van der Waals surface area contributed by atoms with Crippen molar-refractivity contribution in [1.29, 1.82) is 0 Å². The standard InChI is InChI=1S/C28H34N2O4/c1-19(2)17-33-25-13-9-23(10-14-25)29-27(31)21-5-7-22(8-6-21)28(32)30-24-11-15-26(16-12-24)34-18-20(3)4/h9-16,21-22H,1,3,5-8,17-18H2,2,4H3,(H,29,31)(H,30,32). The van der Waals surface area contributed by atoms with Gasteiger partial charge in [-0.05, 0) is 99.2 Å². The van der Waals surface area contributed by atoms with E-state index >= 15 is 0 Å². The molecule has 3 rings (SSSR count). The first kappa shape index (κ1) is 25.1. The highest BCUT2D eigenvalue weighted by molar-refractivity contribution is 5.94. The zero-order valence-corrected chi connectivity index (χ0v) is 20.1. The number of amides is 2. The van der Waals surface area contributed by atoms with Crippen molar-refractivity contribution >= 4 is 23.2 Å². The summed E-state index contributed by atoms with van der Waals surface area (Å²) in [7, 11) is 0. The van der Waals surface area contributed by atoms with Crippen molar-refractivity contribution in [3.05, 3.63) is 72.8 Å².